The lowest BCUT2D eigenvalue weighted by Gasteiger charge is -2.19. The Labute approximate surface area is 74.3 Å². The summed E-state index contributed by atoms with van der Waals surface area (Å²) in [5, 5.41) is 11.4. The van der Waals surface area contributed by atoms with E-state index in [2.05, 4.69) is 11.4 Å². The largest absolute Gasteiger partial charge is 0.316 e. The van der Waals surface area contributed by atoms with Gasteiger partial charge in [0.15, 0.2) is 0 Å². The smallest absolute Gasteiger partial charge is 0.0635 e. The summed E-state index contributed by atoms with van der Waals surface area (Å²) in [7, 11) is 3.92. The highest BCUT2D eigenvalue weighted by Crippen LogP contribution is 1.88. The molecule has 0 saturated carbocycles. The molecule has 0 spiro atoms. The molecule has 0 bridgehead atoms. The van der Waals surface area contributed by atoms with Gasteiger partial charge in [0, 0.05) is 13.0 Å². The van der Waals surface area contributed by atoms with Gasteiger partial charge in [-0.15, -0.1) is 0 Å². The Balaban J connectivity index is 3.15. The molecule has 0 amide bonds. The predicted molar refractivity (Wildman–Crippen MR) is 49.4 cm³/mol. The zero-order valence-corrected chi connectivity index (χ0v) is 7.88. The van der Waals surface area contributed by atoms with E-state index in [1.165, 1.54) is 0 Å². The Morgan fingerprint density at radius 2 is 2.17 bits per heavy atom. The average Bonchev–Trinajstić information content (AvgIpc) is 2.03. The average molecular weight is 170 g/mol. The second-order valence-corrected chi connectivity index (χ2v) is 2.98. The van der Waals surface area contributed by atoms with Crippen molar-refractivity contribution in [1.82, 2.24) is 10.2 Å². The second kappa shape index (κ2) is 7.04. The summed E-state index contributed by atoms with van der Waals surface area (Å²) < 4.78 is 0. The van der Waals surface area contributed by atoms with Crippen molar-refractivity contribution in [3.05, 3.63) is 0 Å². The Hall–Kier alpha value is -0.630. The van der Waals surface area contributed by atoms with Crippen LogP contribution in [-0.4, -0.2) is 38.3 Å². The van der Waals surface area contributed by atoms with E-state index in [0.717, 1.165) is 19.5 Å². The van der Waals surface area contributed by atoms with Crippen LogP contribution < -0.4 is 11.1 Å². The highest BCUT2D eigenvalue weighted by Gasteiger charge is 2.02. The van der Waals surface area contributed by atoms with Gasteiger partial charge in [-0.2, -0.15) is 5.26 Å². The van der Waals surface area contributed by atoms with E-state index >= 15 is 0 Å². The molecule has 0 aromatic carbocycles. The summed E-state index contributed by atoms with van der Waals surface area (Å²) in [5.74, 6) is 0. The first kappa shape index (κ1) is 11.4. The van der Waals surface area contributed by atoms with E-state index in [9.17, 15) is 0 Å². The van der Waals surface area contributed by atoms with Crippen molar-refractivity contribution in [2.75, 3.05) is 27.2 Å². The van der Waals surface area contributed by atoms with Gasteiger partial charge in [-0.25, -0.2) is 0 Å². The van der Waals surface area contributed by atoms with Crippen molar-refractivity contribution in [2.24, 2.45) is 5.73 Å². The van der Waals surface area contributed by atoms with E-state index in [1.807, 2.05) is 19.0 Å². The van der Waals surface area contributed by atoms with Crippen LogP contribution in [0.2, 0.25) is 0 Å². The minimum atomic E-state index is 0.111. The number of rotatable bonds is 6. The highest BCUT2D eigenvalue weighted by molar-refractivity contribution is 4.70. The number of nitrogens with two attached hydrogens (primary N) is 1. The molecule has 0 heterocycles. The molecular formula is C8H18N4. The first-order valence-corrected chi connectivity index (χ1v) is 4.18. The molecule has 1 unspecified atom stereocenters. The minimum absolute atomic E-state index is 0.111. The Morgan fingerprint density at radius 3 is 2.67 bits per heavy atom. The number of nitriles is 1. The number of nitrogens with one attached hydrogen (secondary N) is 1. The van der Waals surface area contributed by atoms with Crippen LogP contribution in [0.1, 0.15) is 12.8 Å². The SMILES string of the molecule is CN(C)C(N)CCNCCC#N. The third-order valence-corrected chi connectivity index (χ3v) is 1.69. The molecule has 12 heavy (non-hydrogen) atoms. The van der Waals surface area contributed by atoms with Gasteiger partial charge in [0.25, 0.3) is 0 Å². The molecule has 0 aliphatic carbocycles. The fourth-order valence-electron chi connectivity index (χ4n) is 0.777. The maximum Gasteiger partial charge on any atom is 0.0635 e. The molecule has 0 rings (SSSR count). The van der Waals surface area contributed by atoms with Crippen molar-refractivity contribution in [1.29, 1.82) is 5.26 Å². The molecule has 70 valence electrons. The Bertz CT molecular complexity index is 138. The molecule has 4 heteroatoms. The van der Waals surface area contributed by atoms with Crippen molar-refractivity contribution >= 4 is 0 Å². The van der Waals surface area contributed by atoms with Crippen LogP contribution in [0.4, 0.5) is 0 Å². The second-order valence-electron chi connectivity index (χ2n) is 2.98. The monoisotopic (exact) mass is 170 g/mol. The van der Waals surface area contributed by atoms with E-state index in [1.54, 1.807) is 0 Å². The maximum atomic E-state index is 8.24. The Morgan fingerprint density at radius 1 is 1.50 bits per heavy atom. The number of hydrogen-bond acceptors (Lipinski definition) is 4. The van der Waals surface area contributed by atoms with Crippen LogP contribution >= 0.6 is 0 Å². The van der Waals surface area contributed by atoms with Gasteiger partial charge in [0.1, 0.15) is 0 Å². The predicted octanol–water partition coefficient (Wildman–Crippen LogP) is -0.274. The molecular weight excluding hydrogens is 152 g/mol. The fraction of sp³-hybridized carbons (Fsp3) is 0.875. The Kier molecular flexibility index (Phi) is 6.67. The van der Waals surface area contributed by atoms with Gasteiger partial charge >= 0.3 is 0 Å². The lowest BCUT2D eigenvalue weighted by Crippen LogP contribution is -2.38. The van der Waals surface area contributed by atoms with Crippen molar-refractivity contribution < 1.29 is 0 Å². The molecule has 0 radical (unpaired) electrons. The molecule has 0 fully saturated rings. The summed E-state index contributed by atoms with van der Waals surface area (Å²) in [4.78, 5) is 1.98. The van der Waals surface area contributed by atoms with Crippen LogP contribution in [0, 0.1) is 11.3 Å². The van der Waals surface area contributed by atoms with Gasteiger partial charge < -0.3 is 11.1 Å². The third-order valence-electron chi connectivity index (χ3n) is 1.69. The van der Waals surface area contributed by atoms with Crippen molar-refractivity contribution in [3.63, 3.8) is 0 Å². The standard InChI is InChI=1S/C8H18N4/c1-12(2)8(10)4-7-11-6-3-5-9/h8,11H,3-4,6-7,10H2,1-2H3. The number of nitrogens with zero attached hydrogens (tertiary/aromatic N) is 2. The zero-order valence-electron chi connectivity index (χ0n) is 7.88. The van der Waals surface area contributed by atoms with Gasteiger partial charge in [-0.3, -0.25) is 4.90 Å². The molecule has 1 atom stereocenters. The van der Waals surface area contributed by atoms with Gasteiger partial charge in [0.2, 0.25) is 0 Å². The topological polar surface area (TPSA) is 65.1 Å². The first-order chi connectivity index (χ1) is 5.68. The maximum absolute atomic E-state index is 8.24. The summed E-state index contributed by atoms with van der Waals surface area (Å²) in [6.45, 7) is 1.64. The lowest BCUT2D eigenvalue weighted by atomic mass is 10.3. The van der Waals surface area contributed by atoms with Crippen LogP contribution in [0.15, 0.2) is 0 Å². The van der Waals surface area contributed by atoms with E-state index < -0.39 is 0 Å². The molecule has 0 aromatic heterocycles. The minimum Gasteiger partial charge on any atom is -0.316 e. The first-order valence-electron chi connectivity index (χ1n) is 4.18. The van der Waals surface area contributed by atoms with Crippen LogP contribution in [-0.2, 0) is 0 Å². The number of hydrogen-bond donors (Lipinski definition) is 2. The summed E-state index contributed by atoms with van der Waals surface area (Å²) in [6.07, 6.45) is 1.59. The third kappa shape index (κ3) is 6.10. The fourth-order valence-corrected chi connectivity index (χ4v) is 0.777. The highest BCUT2D eigenvalue weighted by atomic mass is 15.2. The van der Waals surface area contributed by atoms with Crippen LogP contribution in [0.25, 0.3) is 0 Å². The van der Waals surface area contributed by atoms with E-state index in [-0.39, 0.29) is 6.17 Å². The molecule has 3 N–H and O–H groups in total. The quantitative estimate of drug-likeness (QED) is 0.425. The van der Waals surface area contributed by atoms with Crippen LogP contribution in [0.3, 0.4) is 0 Å². The van der Waals surface area contributed by atoms with Crippen molar-refractivity contribution in [2.45, 2.75) is 19.0 Å². The molecule has 0 aromatic rings. The van der Waals surface area contributed by atoms with Gasteiger partial charge in [-0.05, 0) is 27.1 Å². The van der Waals surface area contributed by atoms with E-state index in [0.29, 0.717) is 6.42 Å². The molecule has 0 aliphatic heterocycles. The van der Waals surface area contributed by atoms with Gasteiger partial charge in [-0.1, -0.05) is 0 Å². The molecule has 0 saturated heterocycles. The zero-order chi connectivity index (χ0) is 9.40. The van der Waals surface area contributed by atoms with E-state index in [4.69, 9.17) is 11.0 Å². The summed E-state index contributed by atoms with van der Waals surface area (Å²) in [6, 6.07) is 2.07. The molecule has 0 aliphatic rings. The van der Waals surface area contributed by atoms with Crippen molar-refractivity contribution in [3.8, 4) is 6.07 Å². The lowest BCUT2D eigenvalue weighted by molar-refractivity contribution is 0.283. The molecule has 4 nitrogen and oxygen atoms in total. The normalized spacial score (nSPS) is 12.9. The summed E-state index contributed by atoms with van der Waals surface area (Å²) in [5.41, 5.74) is 5.75. The van der Waals surface area contributed by atoms with Crippen LogP contribution in [0.5, 0.6) is 0 Å². The van der Waals surface area contributed by atoms with Gasteiger partial charge in [0.05, 0.1) is 12.2 Å². The summed E-state index contributed by atoms with van der Waals surface area (Å²) >= 11 is 0.